The molecule has 14 heavy (non-hydrogen) atoms. The van der Waals surface area contributed by atoms with E-state index in [-0.39, 0.29) is 23.7 Å². The quantitative estimate of drug-likeness (QED) is 0.530. The van der Waals surface area contributed by atoms with Gasteiger partial charge in [-0.2, -0.15) is 0 Å². The summed E-state index contributed by atoms with van der Waals surface area (Å²) in [5.41, 5.74) is 0. The lowest BCUT2D eigenvalue weighted by Crippen LogP contribution is -2.41. The topological polar surface area (TPSA) is 18.5 Å². The average Bonchev–Trinajstić information content (AvgIpc) is 2.24. The summed E-state index contributed by atoms with van der Waals surface area (Å²) in [6.45, 7) is 4.56. The van der Waals surface area contributed by atoms with Gasteiger partial charge in [0, 0.05) is 6.61 Å². The monoisotopic (exact) mass is 214 g/mol. The van der Waals surface area contributed by atoms with E-state index in [1.807, 2.05) is 18.2 Å². The number of alkyl halides is 1. The maximum absolute atomic E-state index is 5.95. The Morgan fingerprint density at radius 2 is 2.36 bits per heavy atom. The van der Waals surface area contributed by atoms with Crippen molar-refractivity contribution in [3.8, 4) is 0 Å². The predicted octanol–water partition coefficient (Wildman–Crippen LogP) is 2.28. The van der Waals surface area contributed by atoms with Gasteiger partial charge in [0.1, 0.15) is 6.10 Å². The van der Waals surface area contributed by atoms with E-state index in [1.54, 1.807) is 0 Å². The zero-order valence-corrected chi connectivity index (χ0v) is 8.82. The van der Waals surface area contributed by atoms with E-state index in [9.17, 15) is 0 Å². The SMILES string of the molecule is C=C[C@H]1OCCC[C@@H]1O[C@H]1C=C[C@H]1Cl. The van der Waals surface area contributed by atoms with Crippen molar-refractivity contribution < 1.29 is 9.47 Å². The molecule has 0 N–H and O–H groups in total. The molecule has 0 bridgehead atoms. The van der Waals surface area contributed by atoms with E-state index in [1.165, 1.54) is 0 Å². The van der Waals surface area contributed by atoms with Crippen LogP contribution in [0.15, 0.2) is 24.8 Å². The minimum Gasteiger partial charge on any atom is -0.371 e. The lowest BCUT2D eigenvalue weighted by atomic mass is 10.0. The van der Waals surface area contributed by atoms with Gasteiger partial charge in [-0.25, -0.2) is 0 Å². The van der Waals surface area contributed by atoms with Crippen LogP contribution in [0.2, 0.25) is 0 Å². The van der Waals surface area contributed by atoms with Crippen molar-refractivity contribution in [2.75, 3.05) is 6.61 Å². The van der Waals surface area contributed by atoms with Crippen molar-refractivity contribution in [2.24, 2.45) is 0 Å². The predicted molar refractivity (Wildman–Crippen MR) is 56.6 cm³/mol. The highest BCUT2D eigenvalue weighted by atomic mass is 35.5. The standard InChI is InChI=1S/C11H15ClO2/c1-2-9-11(4-3-7-13-9)14-10-6-5-8(10)12/h2,5-6,8-11H,1,3-4,7H2/t8-,9-,10+,11+/m1/s1. The summed E-state index contributed by atoms with van der Waals surface area (Å²) < 4.78 is 11.4. The lowest BCUT2D eigenvalue weighted by Gasteiger charge is -2.35. The highest BCUT2D eigenvalue weighted by molar-refractivity contribution is 6.23. The van der Waals surface area contributed by atoms with Crippen molar-refractivity contribution in [2.45, 2.75) is 36.5 Å². The van der Waals surface area contributed by atoms with Crippen molar-refractivity contribution >= 4 is 11.6 Å². The molecule has 0 saturated carbocycles. The molecule has 2 nitrogen and oxygen atoms in total. The molecule has 0 amide bonds. The maximum atomic E-state index is 5.95. The van der Waals surface area contributed by atoms with Crippen LogP contribution in [0.4, 0.5) is 0 Å². The molecule has 4 atom stereocenters. The largest absolute Gasteiger partial charge is 0.371 e. The fourth-order valence-corrected chi connectivity index (χ4v) is 1.98. The molecule has 2 aliphatic rings. The fraction of sp³-hybridized carbons (Fsp3) is 0.636. The summed E-state index contributed by atoms with van der Waals surface area (Å²) in [5, 5.41) is 0.0300. The number of rotatable bonds is 3. The first-order valence-electron chi connectivity index (χ1n) is 5.03. The zero-order chi connectivity index (χ0) is 9.97. The van der Waals surface area contributed by atoms with Gasteiger partial charge < -0.3 is 9.47 Å². The second kappa shape index (κ2) is 4.47. The van der Waals surface area contributed by atoms with Crippen molar-refractivity contribution in [3.63, 3.8) is 0 Å². The van der Waals surface area contributed by atoms with Crippen LogP contribution >= 0.6 is 11.6 Å². The van der Waals surface area contributed by atoms with Gasteiger partial charge in [0.05, 0.1) is 17.6 Å². The molecular formula is C11H15ClO2. The first kappa shape index (κ1) is 10.2. The summed E-state index contributed by atoms with van der Waals surface area (Å²) in [6.07, 6.45) is 8.05. The second-order valence-electron chi connectivity index (χ2n) is 3.68. The molecule has 1 saturated heterocycles. The van der Waals surface area contributed by atoms with Gasteiger partial charge in [0.15, 0.2) is 0 Å². The molecule has 1 heterocycles. The van der Waals surface area contributed by atoms with Crippen LogP contribution in [0.3, 0.4) is 0 Å². The van der Waals surface area contributed by atoms with E-state index in [0.29, 0.717) is 0 Å². The van der Waals surface area contributed by atoms with E-state index >= 15 is 0 Å². The first-order valence-corrected chi connectivity index (χ1v) is 5.47. The van der Waals surface area contributed by atoms with Gasteiger partial charge in [0.25, 0.3) is 0 Å². The minimum absolute atomic E-state index is 0.0293. The molecule has 1 aliphatic carbocycles. The third-order valence-electron chi connectivity index (χ3n) is 2.67. The molecular weight excluding hydrogens is 200 g/mol. The van der Waals surface area contributed by atoms with Gasteiger partial charge in [-0.3, -0.25) is 0 Å². The second-order valence-corrected chi connectivity index (χ2v) is 4.19. The Morgan fingerprint density at radius 3 is 2.93 bits per heavy atom. The van der Waals surface area contributed by atoms with Gasteiger partial charge in [-0.1, -0.05) is 18.2 Å². The number of hydrogen-bond donors (Lipinski definition) is 0. The Bertz CT molecular complexity index is 239. The number of ether oxygens (including phenoxy) is 2. The molecule has 0 aromatic carbocycles. The van der Waals surface area contributed by atoms with E-state index < -0.39 is 0 Å². The third-order valence-corrected chi connectivity index (χ3v) is 3.07. The molecule has 0 aromatic rings. The van der Waals surface area contributed by atoms with Crippen molar-refractivity contribution in [1.29, 1.82) is 0 Å². The van der Waals surface area contributed by atoms with Crippen LogP contribution in [0, 0.1) is 0 Å². The Balaban J connectivity index is 1.88. The zero-order valence-electron chi connectivity index (χ0n) is 8.06. The Hall–Kier alpha value is -0.310. The lowest BCUT2D eigenvalue weighted by molar-refractivity contribution is -0.103. The molecule has 1 aliphatic heterocycles. The van der Waals surface area contributed by atoms with Gasteiger partial charge in [0.2, 0.25) is 0 Å². The van der Waals surface area contributed by atoms with Crippen LogP contribution in [0.5, 0.6) is 0 Å². The molecule has 2 rings (SSSR count). The summed E-state index contributed by atoms with van der Waals surface area (Å²) in [5.74, 6) is 0. The molecule has 0 aromatic heterocycles. The minimum atomic E-state index is 0.0293. The van der Waals surface area contributed by atoms with Crippen LogP contribution in [-0.2, 0) is 9.47 Å². The van der Waals surface area contributed by atoms with Crippen LogP contribution in [0.25, 0.3) is 0 Å². The molecule has 0 unspecified atom stereocenters. The highest BCUT2D eigenvalue weighted by Gasteiger charge is 2.31. The number of hydrogen-bond acceptors (Lipinski definition) is 2. The Morgan fingerprint density at radius 1 is 1.50 bits per heavy atom. The third kappa shape index (κ3) is 2.02. The summed E-state index contributed by atoms with van der Waals surface area (Å²) in [4.78, 5) is 0. The van der Waals surface area contributed by atoms with Crippen LogP contribution in [-0.4, -0.2) is 30.3 Å². The molecule has 1 fully saturated rings. The van der Waals surface area contributed by atoms with E-state index in [0.717, 1.165) is 19.4 Å². The molecule has 0 radical (unpaired) electrons. The van der Waals surface area contributed by atoms with Gasteiger partial charge >= 0.3 is 0 Å². The van der Waals surface area contributed by atoms with Crippen molar-refractivity contribution in [3.05, 3.63) is 24.8 Å². The fourth-order valence-electron chi connectivity index (χ4n) is 1.75. The smallest absolute Gasteiger partial charge is 0.101 e. The first-order chi connectivity index (χ1) is 6.81. The highest BCUT2D eigenvalue weighted by Crippen LogP contribution is 2.26. The maximum Gasteiger partial charge on any atom is 0.101 e. The Labute approximate surface area is 89.5 Å². The van der Waals surface area contributed by atoms with Crippen molar-refractivity contribution in [1.82, 2.24) is 0 Å². The summed E-state index contributed by atoms with van der Waals surface area (Å²) in [6, 6.07) is 0. The van der Waals surface area contributed by atoms with Gasteiger partial charge in [-0.05, 0) is 12.8 Å². The average molecular weight is 215 g/mol. The number of halogens is 1. The normalized spacial score (nSPS) is 41.8. The molecule has 78 valence electrons. The van der Waals surface area contributed by atoms with Gasteiger partial charge in [-0.15, -0.1) is 18.2 Å². The summed E-state index contributed by atoms with van der Waals surface area (Å²) >= 11 is 5.95. The Kier molecular flexibility index (Phi) is 3.26. The molecule has 3 heteroatoms. The van der Waals surface area contributed by atoms with Crippen LogP contribution < -0.4 is 0 Å². The molecule has 0 spiro atoms. The van der Waals surface area contributed by atoms with E-state index in [4.69, 9.17) is 21.1 Å². The van der Waals surface area contributed by atoms with E-state index in [2.05, 4.69) is 6.58 Å². The van der Waals surface area contributed by atoms with Crippen LogP contribution in [0.1, 0.15) is 12.8 Å². The summed E-state index contributed by atoms with van der Waals surface area (Å²) in [7, 11) is 0.